The predicted octanol–water partition coefficient (Wildman–Crippen LogP) is 2.98. The fourth-order valence-electron chi connectivity index (χ4n) is 3.28. The lowest BCUT2D eigenvalue weighted by molar-refractivity contribution is -0.132. The molecular formula is C20H34N2O4. The van der Waals surface area contributed by atoms with Crippen LogP contribution >= 0.6 is 0 Å². The van der Waals surface area contributed by atoms with Crippen molar-refractivity contribution >= 4 is 5.91 Å². The first-order chi connectivity index (χ1) is 12.2. The van der Waals surface area contributed by atoms with E-state index in [-0.39, 0.29) is 29.4 Å². The molecule has 1 aliphatic rings. The Hall–Kier alpha value is -1.40. The lowest BCUT2D eigenvalue weighted by atomic mass is 9.92. The highest BCUT2D eigenvalue weighted by atomic mass is 16.5. The Kier molecular flexibility index (Phi) is 7.24. The van der Waals surface area contributed by atoms with Crippen LogP contribution in [0.2, 0.25) is 0 Å². The lowest BCUT2D eigenvalue weighted by Gasteiger charge is -2.34. The van der Waals surface area contributed by atoms with Gasteiger partial charge in [0.1, 0.15) is 11.9 Å². The fourth-order valence-corrected chi connectivity index (χ4v) is 3.28. The second-order valence-electron chi connectivity index (χ2n) is 8.34. The SMILES string of the molecule is CCC(CC)C(=O)NCC1OC(Cc2cc(C(C)(C)C)on2)CCC1O. The highest BCUT2D eigenvalue weighted by Gasteiger charge is 2.31. The van der Waals surface area contributed by atoms with Gasteiger partial charge < -0.3 is 19.7 Å². The summed E-state index contributed by atoms with van der Waals surface area (Å²) >= 11 is 0. The average Bonchev–Trinajstić information content (AvgIpc) is 3.05. The van der Waals surface area contributed by atoms with Gasteiger partial charge in [-0.3, -0.25) is 4.79 Å². The largest absolute Gasteiger partial charge is 0.390 e. The van der Waals surface area contributed by atoms with Crippen molar-refractivity contribution in [3.63, 3.8) is 0 Å². The molecule has 6 heteroatoms. The van der Waals surface area contributed by atoms with Crippen LogP contribution in [0.15, 0.2) is 10.6 Å². The highest BCUT2D eigenvalue weighted by molar-refractivity contribution is 5.78. The van der Waals surface area contributed by atoms with Gasteiger partial charge in [0.05, 0.1) is 17.9 Å². The van der Waals surface area contributed by atoms with Crippen molar-refractivity contribution in [3.05, 3.63) is 17.5 Å². The molecule has 3 atom stereocenters. The molecule has 3 unspecified atom stereocenters. The summed E-state index contributed by atoms with van der Waals surface area (Å²) in [6, 6.07) is 1.98. The summed E-state index contributed by atoms with van der Waals surface area (Å²) in [7, 11) is 0. The van der Waals surface area contributed by atoms with Gasteiger partial charge >= 0.3 is 0 Å². The molecule has 26 heavy (non-hydrogen) atoms. The number of carbonyl (C=O) groups excluding carboxylic acids is 1. The van der Waals surface area contributed by atoms with E-state index < -0.39 is 6.10 Å². The van der Waals surface area contributed by atoms with E-state index in [1.54, 1.807) is 0 Å². The summed E-state index contributed by atoms with van der Waals surface area (Å²) in [4.78, 5) is 12.2. The topological polar surface area (TPSA) is 84.6 Å². The van der Waals surface area contributed by atoms with Crippen molar-refractivity contribution in [2.75, 3.05) is 6.54 Å². The Balaban J connectivity index is 1.89. The van der Waals surface area contributed by atoms with Crippen LogP contribution < -0.4 is 5.32 Å². The van der Waals surface area contributed by atoms with E-state index in [4.69, 9.17) is 9.26 Å². The van der Waals surface area contributed by atoms with Gasteiger partial charge in [0.15, 0.2) is 0 Å². The molecule has 1 aliphatic heterocycles. The number of nitrogens with zero attached hydrogens (tertiary/aromatic N) is 1. The van der Waals surface area contributed by atoms with Gasteiger partial charge in [0, 0.05) is 30.4 Å². The number of hydrogen-bond acceptors (Lipinski definition) is 5. The molecule has 148 valence electrons. The van der Waals surface area contributed by atoms with Gasteiger partial charge in [-0.05, 0) is 25.7 Å². The number of rotatable bonds is 7. The van der Waals surface area contributed by atoms with Crippen LogP contribution in [0.4, 0.5) is 0 Å². The molecule has 0 bridgehead atoms. The molecule has 0 aromatic carbocycles. The molecule has 2 N–H and O–H groups in total. The maximum Gasteiger partial charge on any atom is 0.223 e. The number of aromatic nitrogens is 1. The van der Waals surface area contributed by atoms with Gasteiger partial charge in [-0.25, -0.2) is 0 Å². The Bertz CT molecular complexity index is 575. The zero-order valence-corrected chi connectivity index (χ0v) is 16.7. The molecule has 6 nitrogen and oxygen atoms in total. The van der Waals surface area contributed by atoms with E-state index in [9.17, 15) is 9.90 Å². The third-order valence-electron chi connectivity index (χ3n) is 5.15. The summed E-state index contributed by atoms with van der Waals surface area (Å²) in [5, 5.41) is 17.3. The van der Waals surface area contributed by atoms with Crippen molar-refractivity contribution in [1.29, 1.82) is 0 Å². The van der Waals surface area contributed by atoms with Crippen LogP contribution in [0, 0.1) is 5.92 Å². The van der Waals surface area contributed by atoms with Crippen LogP contribution in [-0.4, -0.2) is 41.0 Å². The van der Waals surface area contributed by atoms with Crippen molar-refractivity contribution in [1.82, 2.24) is 10.5 Å². The first kappa shape index (κ1) is 20.9. The minimum absolute atomic E-state index is 0.0219. The number of amides is 1. The number of ether oxygens (including phenoxy) is 1. The van der Waals surface area contributed by atoms with Gasteiger partial charge in [-0.2, -0.15) is 0 Å². The number of aliphatic hydroxyl groups excluding tert-OH is 1. The second kappa shape index (κ2) is 9.00. The maximum absolute atomic E-state index is 12.2. The molecule has 0 radical (unpaired) electrons. The summed E-state index contributed by atoms with van der Waals surface area (Å²) in [5.41, 5.74) is 0.799. The summed E-state index contributed by atoms with van der Waals surface area (Å²) in [6.07, 6.45) is 2.80. The van der Waals surface area contributed by atoms with E-state index >= 15 is 0 Å². The predicted molar refractivity (Wildman–Crippen MR) is 99.9 cm³/mol. The summed E-state index contributed by atoms with van der Waals surface area (Å²) in [5.74, 6) is 0.925. The normalized spacial score (nSPS) is 24.0. The number of nitrogens with one attached hydrogen (secondary N) is 1. The van der Waals surface area contributed by atoms with E-state index in [2.05, 4.69) is 31.2 Å². The van der Waals surface area contributed by atoms with E-state index in [1.165, 1.54) is 0 Å². The first-order valence-corrected chi connectivity index (χ1v) is 9.81. The molecule has 1 saturated heterocycles. The van der Waals surface area contributed by atoms with Crippen molar-refractivity contribution < 1.29 is 19.2 Å². The van der Waals surface area contributed by atoms with E-state index in [0.29, 0.717) is 19.4 Å². The van der Waals surface area contributed by atoms with Crippen LogP contribution in [0.1, 0.15) is 71.8 Å². The summed E-state index contributed by atoms with van der Waals surface area (Å²) < 4.78 is 11.5. The Morgan fingerprint density at radius 3 is 2.62 bits per heavy atom. The Morgan fingerprint density at radius 1 is 1.35 bits per heavy atom. The molecule has 1 fully saturated rings. The molecule has 2 heterocycles. The Morgan fingerprint density at radius 2 is 2.04 bits per heavy atom. The van der Waals surface area contributed by atoms with Crippen LogP contribution in [0.3, 0.4) is 0 Å². The summed E-state index contributed by atoms with van der Waals surface area (Å²) in [6.45, 7) is 10.6. The van der Waals surface area contributed by atoms with E-state index in [1.807, 2.05) is 19.9 Å². The zero-order valence-electron chi connectivity index (χ0n) is 16.7. The third-order valence-corrected chi connectivity index (χ3v) is 5.15. The lowest BCUT2D eigenvalue weighted by Crippen LogP contribution is -2.47. The van der Waals surface area contributed by atoms with Crippen molar-refractivity contribution in [3.8, 4) is 0 Å². The minimum atomic E-state index is -0.546. The molecular weight excluding hydrogens is 332 g/mol. The molecule has 1 aromatic rings. The van der Waals surface area contributed by atoms with Crippen molar-refractivity contribution in [2.24, 2.45) is 5.92 Å². The third kappa shape index (κ3) is 5.55. The quantitative estimate of drug-likeness (QED) is 0.775. The van der Waals surface area contributed by atoms with Gasteiger partial charge in [-0.15, -0.1) is 0 Å². The highest BCUT2D eigenvalue weighted by Crippen LogP contribution is 2.26. The average molecular weight is 367 g/mol. The molecule has 1 aromatic heterocycles. The van der Waals surface area contributed by atoms with Gasteiger partial charge in [0.2, 0.25) is 5.91 Å². The molecule has 1 amide bonds. The number of carbonyl (C=O) groups is 1. The Labute approximate surface area is 156 Å². The fraction of sp³-hybridized carbons (Fsp3) is 0.800. The molecule has 0 saturated carbocycles. The van der Waals surface area contributed by atoms with Crippen molar-refractivity contribution in [2.45, 2.75) is 90.4 Å². The standard InChI is InChI=1S/C20H34N2O4/c1-6-13(7-2)19(24)21-12-17-16(23)9-8-15(25-17)10-14-11-18(26-22-14)20(3,4)5/h11,13,15-17,23H,6-10,12H2,1-5H3,(H,21,24). The first-order valence-electron chi connectivity index (χ1n) is 9.81. The van der Waals surface area contributed by atoms with E-state index in [0.717, 1.165) is 30.7 Å². The van der Waals surface area contributed by atoms with Crippen LogP contribution in [-0.2, 0) is 21.4 Å². The number of hydrogen-bond donors (Lipinski definition) is 2. The maximum atomic E-state index is 12.2. The smallest absolute Gasteiger partial charge is 0.223 e. The minimum Gasteiger partial charge on any atom is -0.390 e. The molecule has 0 spiro atoms. The monoisotopic (exact) mass is 366 g/mol. The molecule has 2 rings (SSSR count). The number of aliphatic hydroxyl groups is 1. The zero-order chi connectivity index (χ0) is 19.3. The molecule has 0 aliphatic carbocycles. The van der Waals surface area contributed by atoms with Gasteiger partial charge in [-0.1, -0.05) is 39.8 Å². The van der Waals surface area contributed by atoms with Gasteiger partial charge in [0.25, 0.3) is 0 Å². The van der Waals surface area contributed by atoms with Crippen LogP contribution in [0.5, 0.6) is 0 Å². The second-order valence-corrected chi connectivity index (χ2v) is 8.34. The van der Waals surface area contributed by atoms with Crippen LogP contribution in [0.25, 0.3) is 0 Å².